The predicted molar refractivity (Wildman–Crippen MR) is 148 cm³/mol. The average Bonchev–Trinajstić information content (AvgIpc) is 2.80. The van der Waals surface area contributed by atoms with Crippen LogP contribution in [-0.4, -0.2) is 41.3 Å². The van der Waals surface area contributed by atoms with Crippen molar-refractivity contribution in [1.29, 1.82) is 0 Å². The van der Waals surface area contributed by atoms with Crippen LogP contribution in [0.2, 0.25) is 39.3 Å². The molecule has 35 heavy (non-hydrogen) atoms. The molecule has 0 aliphatic heterocycles. The third-order valence-electron chi connectivity index (χ3n) is 4.66. The summed E-state index contributed by atoms with van der Waals surface area (Å²) in [6.45, 7) is 13.8. The summed E-state index contributed by atoms with van der Waals surface area (Å²) >= 11 is 0. The Morgan fingerprint density at radius 1 is 0.600 bits per heavy atom. The highest BCUT2D eigenvalue weighted by atomic mass is 28.3. The van der Waals surface area contributed by atoms with Gasteiger partial charge >= 0.3 is 11.9 Å². The molecule has 6 heteroatoms. The van der Waals surface area contributed by atoms with Gasteiger partial charge in [-0.05, 0) is 67.8 Å². The smallest absolute Gasteiger partial charge is 0.338 e. The molecule has 0 aliphatic carbocycles. The van der Waals surface area contributed by atoms with E-state index in [1.54, 1.807) is 24.3 Å². The van der Waals surface area contributed by atoms with Gasteiger partial charge in [0.05, 0.1) is 24.3 Å². The van der Waals surface area contributed by atoms with Gasteiger partial charge in [-0.15, -0.1) is 11.1 Å². The number of benzene rings is 2. The SMILES string of the molecule is C[Si](C)(C)C#Cc1ccc(C(=O)OCCCCCOC(=O)c2ccc(C#C[Si](C)(C)C)cc2)cc1. The largest absolute Gasteiger partial charge is 0.462 e. The molecule has 0 saturated carbocycles. The molecule has 4 nitrogen and oxygen atoms in total. The fraction of sp³-hybridized carbons (Fsp3) is 0.379. The highest BCUT2D eigenvalue weighted by Gasteiger charge is 2.10. The predicted octanol–water partition coefficient (Wildman–Crippen LogP) is 6.33. The monoisotopic (exact) mass is 504 g/mol. The van der Waals surface area contributed by atoms with Gasteiger partial charge in [0, 0.05) is 11.1 Å². The summed E-state index contributed by atoms with van der Waals surface area (Å²) in [5.41, 5.74) is 9.48. The van der Waals surface area contributed by atoms with Gasteiger partial charge in [0.2, 0.25) is 0 Å². The molecule has 2 aromatic carbocycles. The molecule has 0 aromatic heterocycles. The van der Waals surface area contributed by atoms with Gasteiger partial charge in [-0.25, -0.2) is 9.59 Å². The lowest BCUT2D eigenvalue weighted by molar-refractivity contribution is 0.0478. The third kappa shape index (κ3) is 11.8. The zero-order valence-corrected chi connectivity index (χ0v) is 23.8. The fourth-order valence-corrected chi connectivity index (χ4v) is 3.81. The molecule has 2 aromatic rings. The first kappa shape index (κ1) is 28.2. The summed E-state index contributed by atoms with van der Waals surface area (Å²) in [4.78, 5) is 24.4. The van der Waals surface area contributed by atoms with Gasteiger partial charge in [0.25, 0.3) is 0 Å². The Balaban J connectivity index is 1.64. The van der Waals surface area contributed by atoms with Crippen LogP contribution in [0.3, 0.4) is 0 Å². The Morgan fingerprint density at radius 2 is 0.943 bits per heavy atom. The molecule has 2 rings (SSSR count). The van der Waals surface area contributed by atoms with Crippen molar-refractivity contribution in [2.75, 3.05) is 13.2 Å². The zero-order chi connectivity index (χ0) is 25.9. The summed E-state index contributed by atoms with van der Waals surface area (Å²) in [5.74, 6) is 5.68. The van der Waals surface area contributed by atoms with Crippen molar-refractivity contribution in [1.82, 2.24) is 0 Å². The van der Waals surface area contributed by atoms with E-state index in [1.165, 1.54) is 0 Å². The zero-order valence-electron chi connectivity index (χ0n) is 21.8. The molecule has 0 aliphatic rings. The molecule has 0 unspecified atom stereocenters. The average molecular weight is 505 g/mol. The Morgan fingerprint density at radius 3 is 1.26 bits per heavy atom. The Kier molecular flexibility index (Phi) is 10.6. The molecule has 0 atom stereocenters. The van der Waals surface area contributed by atoms with Crippen molar-refractivity contribution in [2.24, 2.45) is 0 Å². The van der Waals surface area contributed by atoms with E-state index in [-0.39, 0.29) is 11.9 Å². The fourth-order valence-electron chi connectivity index (χ4n) is 2.78. The maximum absolute atomic E-state index is 12.2. The normalized spacial score (nSPS) is 10.9. The van der Waals surface area contributed by atoms with Gasteiger partial charge in [-0.2, -0.15) is 0 Å². The lowest BCUT2D eigenvalue weighted by atomic mass is 10.1. The van der Waals surface area contributed by atoms with Crippen molar-refractivity contribution in [2.45, 2.75) is 58.5 Å². The maximum atomic E-state index is 12.2. The quantitative estimate of drug-likeness (QED) is 0.182. The van der Waals surface area contributed by atoms with Gasteiger partial charge < -0.3 is 9.47 Å². The highest BCUT2D eigenvalue weighted by Crippen LogP contribution is 2.09. The summed E-state index contributed by atoms with van der Waals surface area (Å²) < 4.78 is 10.7. The summed E-state index contributed by atoms with van der Waals surface area (Å²) in [6.07, 6.45) is 2.23. The minimum absolute atomic E-state index is 0.334. The van der Waals surface area contributed by atoms with E-state index in [1.807, 2.05) is 24.3 Å². The molecular formula is C29H36O4Si2. The number of hydrogen-bond acceptors (Lipinski definition) is 4. The van der Waals surface area contributed by atoms with Gasteiger partial charge in [-0.1, -0.05) is 51.1 Å². The standard InChI is InChI=1S/C29H36O4Si2/c1-34(2,3)22-18-24-10-14-26(15-11-24)28(30)32-20-8-7-9-21-33-29(31)27-16-12-25(13-17-27)19-23-35(4,5)6/h10-17H,7-9,20-21H2,1-6H3. The molecule has 0 heterocycles. The summed E-state index contributed by atoms with van der Waals surface area (Å²) in [5, 5.41) is 0. The van der Waals surface area contributed by atoms with Crippen LogP contribution in [0, 0.1) is 22.9 Å². The minimum Gasteiger partial charge on any atom is -0.462 e. The topological polar surface area (TPSA) is 52.6 Å². The van der Waals surface area contributed by atoms with E-state index >= 15 is 0 Å². The van der Waals surface area contributed by atoms with Gasteiger partial charge in [-0.3, -0.25) is 0 Å². The number of carbonyl (C=O) groups is 2. The first-order chi connectivity index (χ1) is 16.4. The second-order valence-corrected chi connectivity index (χ2v) is 20.0. The number of carbonyl (C=O) groups excluding carboxylic acids is 2. The number of unbranched alkanes of at least 4 members (excludes halogenated alkanes) is 2. The van der Waals surface area contributed by atoms with Crippen LogP contribution in [0.1, 0.15) is 51.1 Å². The van der Waals surface area contributed by atoms with E-state index in [4.69, 9.17) is 9.47 Å². The lowest BCUT2D eigenvalue weighted by Gasteiger charge is -2.07. The highest BCUT2D eigenvalue weighted by molar-refractivity contribution is 6.84. The summed E-state index contributed by atoms with van der Waals surface area (Å²) in [6, 6.07) is 14.4. The van der Waals surface area contributed by atoms with E-state index in [0.717, 1.165) is 17.5 Å². The van der Waals surface area contributed by atoms with Crippen LogP contribution in [0.5, 0.6) is 0 Å². The van der Waals surface area contributed by atoms with Crippen molar-refractivity contribution in [3.8, 4) is 22.9 Å². The second-order valence-electron chi connectivity index (χ2n) is 10.5. The van der Waals surface area contributed by atoms with Crippen LogP contribution >= 0.6 is 0 Å². The molecule has 0 bridgehead atoms. The number of hydrogen-bond donors (Lipinski definition) is 0. The Hall–Kier alpha value is -3.07. The maximum Gasteiger partial charge on any atom is 0.338 e. The van der Waals surface area contributed by atoms with Crippen LogP contribution in [0.15, 0.2) is 48.5 Å². The molecule has 0 saturated heterocycles. The van der Waals surface area contributed by atoms with Crippen LogP contribution in [0.25, 0.3) is 0 Å². The summed E-state index contributed by atoms with van der Waals surface area (Å²) in [7, 11) is -2.85. The first-order valence-corrected chi connectivity index (χ1v) is 19.0. The molecule has 0 amide bonds. The minimum atomic E-state index is -1.42. The van der Waals surface area contributed by atoms with Crippen molar-refractivity contribution < 1.29 is 19.1 Å². The van der Waals surface area contributed by atoms with E-state index < -0.39 is 16.1 Å². The van der Waals surface area contributed by atoms with Crippen molar-refractivity contribution >= 4 is 28.1 Å². The van der Waals surface area contributed by atoms with E-state index in [0.29, 0.717) is 37.2 Å². The Labute approximate surface area is 212 Å². The molecule has 0 N–H and O–H groups in total. The molecule has 184 valence electrons. The van der Waals surface area contributed by atoms with Crippen LogP contribution in [-0.2, 0) is 9.47 Å². The van der Waals surface area contributed by atoms with Crippen molar-refractivity contribution in [3.63, 3.8) is 0 Å². The number of rotatable bonds is 8. The second kappa shape index (κ2) is 13.1. The third-order valence-corrected chi connectivity index (χ3v) is 6.41. The van der Waals surface area contributed by atoms with Crippen LogP contribution in [0.4, 0.5) is 0 Å². The Bertz CT molecular complexity index is 1020. The van der Waals surface area contributed by atoms with Crippen LogP contribution < -0.4 is 0 Å². The van der Waals surface area contributed by atoms with E-state index in [2.05, 4.69) is 62.2 Å². The molecule has 0 spiro atoms. The van der Waals surface area contributed by atoms with Gasteiger partial charge in [0.1, 0.15) is 16.1 Å². The number of esters is 2. The van der Waals surface area contributed by atoms with Crippen molar-refractivity contribution in [3.05, 3.63) is 70.8 Å². The van der Waals surface area contributed by atoms with Gasteiger partial charge in [0.15, 0.2) is 0 Å². The molecular weight excluding hydrogens is 468 g/mol. The van der Waals surface area contributed by atoms with E-state index in [9.17, 15) is 9.59 Å². The molecule has 0 fully saturated rings. The lowest BCUT2D eigenvalue weighted by Crippen LogP contribution is -2.16. The first-order valence-electron chi connectivity index (χ1n) is 12.0. The molecule has 0 radical (unpaired) electrons. The number of ether oxygens (including phenoxy) is 2.